The number of methoxy groups -OCH3 is 1. The monoisotopic (exact) mass is 243 g/mol. The molecule has 0 unspecified atom stereocenters. The van der Waals surface area contributed by atoms with E-state index < -0.39 is 0 Å². The van der Waals surface area contributed by atoms with Crippen LogP contribution in [0.3, 0.4) is 0 Å². The molecule has 0 aliphatic carbocycles. The Labute approximate surface area is 107 Å². The Balaban J connectivity index is 1.84. The van der Waals surface area contributed by atoms with E-state index in [0.717, 1.165) is 30.4 Å². The first-order valence-electron chi connectivity index (χ1n) is 5.94. The lowest BCUT2D eigenvalue weighted by atomic mass is 10.1. The van der Waals surface area contributed by atoms with Crippen molar-refractivity contribution in [2.24, 2.45) is 0 Å². The summed E-state index contributed by atoms with van der Waals surface area (Å²) in [6, 6.07) is 9.98. The summed E-state index contributed by atoms with van der Waals surface area (Å²) in [7, 11) is 1.67. The van der Waals surface area contributed by atoms with Gasteiger partial charge >= 0.3 is 0 Å². The van der Waals surface area contributed by atoms with Crippen LogP contribution < -0.4 is 10.1 Å². The molecule has 0 saturated carbocycles. The predicted octanol–water partition coefficient (Wildman–Crippen LogP) is 2.45. The fourth-order valence-corrected chi connectivity index (χ4v) is 1.68. The van der Waals surface area contributed by atoms with Crippen molar-refractivity contribution in [3.05, 3.63) is 47.9 Å². The van der Waals surface area contributed by atoms with Crippen molar-refractivity contribution in [1.29, 1.82) is 0 Å². The molecule has 0 fully saturated rings. The fraction of sp³-hybridized carbons (Fsp3) is 0.286. The van der Waals surface area contributed by atoms with Crippen LogP contribution in [0.4, 0.5) is 5.82 Å². The molecule has 2 rings (SSSR count). The lowest BCUT2D eigenvalue weighted by Gasteiger charge is -2.06. The Morgan fingerprint density at radius 2 is 1.94 bits per heavy atom. The van der Waals surface area contributed by atoms with E-state index in [4.69, 9.17) is 4.74 Å². The van der Waals surface area contributed by atoms with Gasteiger partial charge in [0.2, 0.25) is 0 Å². The van der Waals surface area contributed by atoms with Gasteiger partial charge in [-0.05, 0) is 37.1 Å². The van der Waals surface area contributed by atoms with Gasteiger partial charge in [0.25, 0.3) is 0 Å². The maximum Gasteiger partial charge on any atom is 0.129 e. The number of anilines is 1. The number of nitrogens with one attached hydrogen (secondary N) is 1. The zero-order chi connectivity index (χ0) is 12.8. The first-order chi connectivity index (χ1) is 8.78. The van der Waals surface area contributed by atoms with E-state index in [1.807, 2.05) is 25.1 Å². The molecule has 0 bridgehead atoms. The smallest absolute Gasteiger partial charge is 0.129 e. The van der Waals surface area contributed by atoms with Crippen LogP contribution in [0.1, 0.15) is 11.4 Å². The Morgan fingerprint density at radius 3 is 2.61 bits per heavy atom. The molecule has 1 aromatic carbocycles. The van der Waals surface area contributed by atoms with Gasteiger partial charge in [-0.25, -0.2) is 9.97 Å². The molecular weight excluding hydrogens is 226 g/mol. The highest BCUT2D eigenvalue weighted by Crippen LogP contribution is 2.11. The zero-order valence-corrected chi connectivity index (χ0v) is 10.7. The van der Waals surface area contributed by atoms with Crippen LogP contribution in [0.15, 0.2) is 36.5 Å². The van der Waals surface area contributed by atoms with Crippen molar-refractivity contribution >= 4 is 5.82 Å². The number of rotatable bonds is 5. The normalized spacial score (nSPS) is 10.1. The van der Waals surface area contributed by atoms with Crippen LogP contribution in [0, 0.1) is 6.92 Å². The largest absolute Gasteiger partial charge is 0.497 e. The maximum atomic E-state index is 5.12. The average Bonchev–Trinajstić information content (AvgIpc) is 2.40. The number of ether oxygens (including phenoxy) is 1. The molecule has 0 amide bonds. The first-order valence-corrected chi connectivity index (χ1v) is 5.94. The molecule has 0 radical (unpaired) electrons. The Kier molecular flexibility index (Phi) is 4.12. The van der Waals surface area contributed by atoms with Gasteiger partial charge in [-0.15, -0.1) is 0 Å². The summed E-state index contributed by atoms with van der Waals surface area (Å²) in [5, 5.41) is 3.28. The number of hydrogen-bond acceptors (Lipinski definition) is 4. The first kappa shape index (κ1) is 12.4. The molecule has 0 atom stereocenters. The average molecular weight is 243 g/mol. The molecule has 0 aliphatic rings. The zero-order valence-electron chi connectivity index (χ0n) is 10.7. The minimum atomic E-state index is 0.782. The van der Waals surface area contributed by atoms with Crippen molar-refractivity contribution < 1.29 is 4.74 Å². The van der Waals surface area contributed by atoms with E-state index >= 15 is 0 Å². The summed E-state index contributed by atoms with van der Waals surface area (Å²) >= 11 is 0. The van der Waals surface area contributed by atoms with Crippen molar-refractivity contribution in [2.45, 2.75) is 13.3 Å². The van der Waals surface area contributed by atoms with Gasteiger partial charge in [0.05, 0.1) is 7.11 Å². The summed E-state index contributed by atoms with van der Waals surface area (Å²) in [6.07, 6.45) is 2.71. The number of hydrogen-bond donors (Lipinski definition) is 1. The van der Waals surface area contributed by atoms with E-state index in [0.29, 0.717) is 0 Å². The molecule has 4 heteroatoms. The molecule has 0 spiro atoms. The van der Waals surface area contributed by atoms with Crippen molar-refractivity contribution in [1.82, 2.24) is 9.97 Å². The van der Waals surface area contributed by atoms with E-state index in [2.05, 4.69) is 27.4 Å². The maximum absolute atomic E-state index is 5.12. The van der Waals surface area contributed by atoms with Crippen LogP contribution in [-0.4, -0.2) is 23.6 Å². The van der Waals surface area contributed by atoms with Crippen molar-refractivity contribution in [2.75, 3.05) is 19.0 Å². The van der Waals surface area contributed by atoms with Gasteiger partial charge in [0, 0.05) is 12.7 Å². The molecule has 0 aliphatic heterocycles. The number of nitrogens with zero attached hydrogens (tertiary/aromatic N) is 2. The van der Waals surface area contributed by atoms with Crippen LogP contribution in [0.5, 0.6) is 5.75 Å². The quantitative estimate of drug-likeness (QED) is 0.876. The van der Waals surface area contributed by atoms with Crippen LogP contribution in [0.2, 0.25) is 0 Å². The van der Waals surface area contributed by atoms with Gasteiger partial charge < -0.3 is 10.1 Å². The second-order valence-electron chi connectivity index (χ2n) is 4.01. The molecule has 94 valence electrons. The number of benzene rings is 1. The van der Waals surface area contributed by atoms with Gasteiger partial charge in [-0.2, -0.15) is 0 Å². The molecule has 1 N–H and O–H groups in total. The summed E-state index contributed by atoms with van der Waals surface area (Å²) in [6.45, 7) is 2.73. The predicted molar refractivity (Wildman–Crippen MR) is 72.0 cm³/mol. The molecular formula is C14H17N3O. The molecule has 2 aromatic rings. The molecule has 0 saturated heterocycles. The highest BCUT2D eigenvalue weighted by Gasteiger charge is 1.97. The molecule has 18 heavy (non-hydrogen) atoms. The minimum absolute atomic E-state index is 0.782. The van der Waals surface area contributed by atoms with Crippen LogP contribution >= 0.6 is 0 Å². The van der Waals surface area contributed by atoms with Gasteiger partial charge in [-0.1, -0.05) is 12.1 Å². The lowest BCUT2D eigenvalue weighted by Crippen LogP contribution is -2.07. The standard InChI is InChI=1S/C14H17N3O/c1-11-15-10-8-14(17-11)16-9-7-12-3-5-13(18-2)6-4-12/h3-6,8,10H,7,9H2,1-2H3,(H,15,16,17). The second kappa shape index (κ2) is 6.00. The molecule has 4 nitrogen and oxygen atoms in total. The van der Waals surface area contributed by atoms with Crippen LogP contribution in [-0.2, 0) is 6.42 Å². The summed E-state index contributed by atoms with van der Waals surface area (Å²) in [4.78, 5) is 8.35. The third kappa shape index (κ3) is 3.45. The van der Waals surface area contributed by atoms with E-state index in [1.54, 1.807) is 13.3 Å². The Hall–Kier alpha value is -2.10. The topological polar surface area (TPSA) is 47.0 Å². The van der Waals surface area contributed by atoms with Gasteiger partial charge in [0.15, 0.2) is 0 Å². The Morgan fingerprint density at radius 1 is 1.17 bits per heavy atom. The van der Waals surface area contributed by atoms with Crippen LogP contribution in [0.25, 0.3) is 0 Å². The highest BCUT2D eigenvalue weighted by molar-refractivity contribution is 5.33. The van der Waals surface area contributed by atoms with Gasteiger partial charge in [0.1, 0.15) is 17.4 Å². The third-order valence-electron chi connectivity index (χ3n) is 2.65. The Bertz CT molecular complexity index is 497. The van der Waals surface area contributed by atoms with E-state index in [1.165, 1.54) is 5.56 Å². The summed E-state index contributed by atoms with van der Waals surface area (Å²) in [5.41, 5.74) is 1.27. The van der Waals surface area contributed by atoms with Crippen molar-refractivity contribution in [3.8, 4) is 5.75 Å². The van der Waals surface area contributed by atoms with Gasteiger partial charge in [-0.3, -0.25) is 0 Å². The highest BCUT2D eigenvalue weighted by atomic mass is 16.5. The molecule has 1 heterocycles. The SMILES string of the molecule is COc1ccc(CCNc2ccnc(C)n2)cc1. The third-order valence-corrected chi connectivity index (χ3v) is 2.65. The lowest BCUT2D eigenvalue weighted by molar-refractivity contribution is 0.414. The van der Waals surface area contributed by atoms with Crippen molar-refractivity contribution in [3.63, 3.8) is 0 Å². The minimum Gasteiger partial charge on any atom is -0.497 e. The van der Waals surface area contributed by atoms with E-state index in [-0.39, 0.29) is 0 Å². The summed E-state index contributed by atoms with van der Waals surface area (Å²) < 4.78 is 5.12. The molecule has 1 aromatic heterocycles. The summed E-state index contributed by atoms with van der Waals surface area (Å²) in [5.74, 6) is 2.54. The number of aromatic nitrogens is 2. The number of aryl methyl sites for hydroxylation is 1. The second-order valence-corrected chi connectivity index (χ2v) is 4.01. The van der Waals surface area contributed by atoms with E-state index in [9.17, 15) is 0 Å². The fourth-order valence-electron chi connectivity index (χ4n) is 1.68.